The Bertz CT molecular complexity index is 448. The number of hydrogen-bond acceptors (Lipinski definition) is 2. The molecule has 1 heterocycles. The minimum atomic E-state index is 0.125. The molecule has 1 fully saturated rings. The Kier molecular flexibility index (Phi) is 4.13. The number of amides is 1. The molecule has 1 saturated heterocycles. The summed E-state index contributed by atoms with van der Waals surface area (Å²) in [5.41, 5.74) is 1.11. The summed E-state index contributed by atoms with van der Waals surface area (Å²) in [5, 5.41) is 9.71. The maximum atomic E-state index is 12.2. The maximum absolute atomic E-state index is 12.2. The quantitative estimate of drug-likeness (QED) is 0.908. The molecule has 3 heteroatoms. The number of nitrogens with zero attached hydrogens (tertiary/aromatic N) is 1. The molecule has 1 aliphatic heterocycles. The van der Waals surface area contributed by atoms with Crippen molar-refractivity contribution in [1.29, 1.82) is 0 Å². The zero-order valence-electron chi connectivity index (χ0n) is 11.9. The van der Waals surface area contributed by atoms with Crippen molar-refractivity contribution in [3.05, 3.63) is 29.8 Å². The van der Waals surface area contributed by atoms with Crippen LogP contribution >= 0.6 is 0 Å². The summed E-state index contributed by atoms with van der Waals surface area (Å²) in [6.45, 7) is 6.21. The monoisotopic (exact) mass is 261 g/mol. The second-order valence-electron chi connectivity index (χ2n) is 5.85. The van der Waals surface area contributed by atoms with Crippen molar-refractivity contribution in [2.24, 2.45) is 5.41 Å². The molecular weight excluding hydrogens is 238 g/mol. The van der Waals surface area contributed by atoms with E-state index in [2.05, 4.69) is 13.8 Å². The van der Waals surface area contributed by atoms with Gasteiger partial charge in [0.2, 0.25) is 5.91 Å². The van der Waals surface area contributed by atoms with E-state index in [0.717, 1.165) is 31.5 Å². The van der Waals surface area contributed by atoms with Crippen LogP contribution in [0.2, 0.25) is 0 Å². The highest BCUT2D eigenvalue weighted by Crippen LogP contribution is 2.34. The Labute approximate surface area is 115 Å². The fraction of sp³-hybridized carbons (Fsp3) is 0.562. The van der Waals surface area contributed by atoms with Gasteiger partial charge < -0.3 is 10.0 Å². The number of carbonyl (C=O) groups is 1. The van der Waals surface area contributed by atoms with E-state index in [0.29, 0.717) is 11.8 Å². The molecule has 1 aliphatic rings. The molecule has 0 aliphatic carbocycles. The molecule has 19 heavy (non-hydrogen) atoms. The van der Waals surface area contributed by atoms with Gasteiger partial charge in [0, 0.05) is 18.7 Å². The third-order valence-corrected chi connectivity index (χ3v) is 4.51. The van der Waals surface area contributed by atoms with E-state index in [4.69, 9.17) is 0 Å². The average molecular weight is 261 g/mol. The number of benzene rings is 1. The second kappa shape index (κ2) is 5.64. The summed E-state index contributed by atoms with van der Waals surface area (Å²) in [4.78, 5) is 14.2. The van der Waals surface area contributed by atoms with E-state index in [-0.39, 0.29) is 11.7 Å². The number of carbonyl (C=O) groups excluding carboxylic acids is 1. The van der Waals surface area contributed by atoms with Crippen LogP contribution in [0.5, 0.6) is 5.75 Å². The van der Waals surface area contributed by atoms with Crippen LogP contribution in [0.4, 0.5) is 0 Å². The van der Waals surface area contributed by atoms with Gasteiger partial charge in [0.05, 0.1) is 6.42 Å². The van der Waals surface area contributed by atoms with Crippen molar-refractivity contribution in [3.63, 3.8) is 0 Å². The molecule has 1 aromatic carbocycles. The highest BCUT2D eigenvalue weighted by Gasteiger charge is 2.30. The number of para-hydroxylation sites is 1. The lowest BCUT2D eigenvalue weighted by Gasteiger charge is -2.39. The first-order chi connectivity index (χ1) is 9.04. The molecule has 0 aromatic heterocycles. The lowest BCUT2D eigenvalue weighted by molar-refractivity contribution is -0.132. The molecule has 0 bridgehead atoms. The number of piperidine rings is 1. The van der Waals surface area contributed by atoms with Crippen LogP contribution in [0, 0.1) is 5.41 Å². The van der Waals surface area contributed by atoms with Crippen LogP contribution in [0.1, 0.15) is 38.7 Å². The van der Waals surface area contributed by atoms with E-state index in [1.807, 2.05) is 17.0 Å². The van der Waals surface area contributed by atoms with Gasteiger partial charge in [-0.2, -0.15) is 0 Å². The molecule has 0 saturated carbocycles. The predicted molar refractivity (Wildman–Crippen MR) is 76.0 cm³/mol. The first-order valence-electron chi connectivity index (χ1n) is 7.09. The maximum Gasteiger partial charge on any atom is 0.227 e. The van der Waals surface area contributed by atoms with Gasteiger partial charge >= 0.3 is 0 Å². The molecule has 1 N–H and O–H groups in total. The molecule has 0 atom stereocenters. The third-order valence-electron chi connectivity index (χ3n) is 4.51. The molecule has 3 nitrogen and oxygen atoms in total. The highest BCUT2D eigenvalue weighted by atomic mass is 16.3. The van der Waals surface area contributed by atoms with Crippen molar-refractivity contribution in [1.82, 2.24) is 4.90 Å². The van der Waals surface area contributed by atoms with E-state index in [1.165, 1.54) is 6.42 Å². The number of likely N-dealkylation sites (tertiary alicyclic amines) is 1. The van der Waals surface area contributed by atoms with Gasteiger partial charge in [-0.15, -0.1) is 0 Å². The standard InChI is InChI=1S/C16H23NO2/c1-3-16(2)8-10-17(11-9-16)15(19)12-13-6-4-5-7-14(13)18/h4-7,18H,3,8-12H2,1-2H3. The normalized spacial score (nSPS) is 18.3. The summed E-state index contributed by atoms with van der Waals surface area (Å²) in [7, 11) is 0. The summed E-state index contributed by atoms with van der Waals surface area (Å²) < 4.78 is 0. The van der Waals surface area contributed by atoms with Crippen molar-refractivity contribution in [2.75, 3.05) is 13.1 Å². The SMILES string of the molecule is CCC1(C)CCN(C(=O)Cc2ccccc2O)CC1. The van der Waals surface area contributed by atoms with E-state index >= 15 is 0 Å². The molecule has 2 rings (SSSR count). The topological polar surface area (TPSA) is 40.5 Å². The second-order valence-corrected chi connectivity index (χ2v) is 5.85. The zero-order valence-corrected chi connectivity index (χ0v) is 11.9. The number of phenolic OH excluding ortho intramolecular Hbond substituents is 1. The van der Waals surface area contributed by atoms with Crippen molar-refractivity contribution in [2.45, 2.75) is 39.5 Å². The van der Waals surface area contributed by atoms with E-state index in [1.54, 1.807) is 12.1 Å². The van der Waals surface area contributed by atoms with Gasteiger partial charge in [-0.1, -0.05) is 38.5 Å². The highest BCUT2D eigenvalue weighted by molar-refractivity contribution is 5.79. The number of phenols is 1. The Balaban J connectivity index is 1.94. The lowest BCUT2D eigenvalue weighted by Crippen LogP contribution is -2.42. The minimum absolute atomic E-state index is 0.125. The Hall–Kier alpha value is -1.51. The molecule has 104 valence electrons. The van der Waals surface area contributed by atoms with Crippen LogP contribution in [0.25, 0.3) is 0 Å². The fourth-order valence-electron chi connectivity index (χ4n) is 2.58. The minimum Gasteiger partial charge on any atom is -0.508 e. The smallest absolute Gasteiger partial charge is 0.227 e. The fourth-order valence-corrected chi connectivity index (χ4v) is 2.58. The summed E-state index contributed by atoms with van der Waals surface area (Å²) in [6.07, 6.45) is 3.63. The van der Waals surface area contributed by atoms with Crippen LogP contribution in [0.15, 0.2) is 24.3 Å². The molecule has 0 unspecified atom stereocenters. The van der Waals surface area contributed by atoms with Gasteiger partial charge in [-0.05, 0) is 24.3 Å². The van der Waals surface area contributed by atoms with Gasteiger partial charge in [0.25, 0.3) is 0 Å². The van der Waals surface area contributed by atoms with Gasteiger partial charge in [0.15, 0.2) is 0 Å². The summed E-state index contributed by atoms with van der Waals surface area (Å²) >= 11 is 0. The van der Waals surface area contributed by atoms with Crippen molar-refractivity contribution in [3.8, 4) is 5.75 Å². The Morgan fingerprint density at radius 3 is 2.53 bits per heavy atom. The Morgan fingerprint density at radius 1 is 1.32 bits per heavy atom. The van der Waals surface area contributed by atoms with Gasteiger partial charge in [0.1, 0.15) is 5.75 Å². The molecule has 1 amide bonds. The summed E-state index contributed by atoms with van der Waals surface area (Å²) in [6, 6.07) is 7.07. The van der Waals surface area contributed by atoms with Crippen LogP contribution in [0.3, 0.4) is 0 Å². The predicted octanol–water partition coefficient (Wildman–Crippen LogP) is 2.97. The number of hydrogen-bond donors (Lipinski definition) is 1. The number of aromatic hydroxyl groups is 1. The lowest BCUT2D eigenvalue weighted by atomic mass is 9.78. The molecular formula is C16H23NO2. The third kappa shape index (κ3) is 3.28. The van der Waals surface area contributed by atoms with Crippen LogP contribution in [-0.2, 0) is 11.2 Å². The van der Waals surface area contributed by atoms with E-state index in [9.17, 15) is 9.90 Å². The molecule has 0 spiro atoms. The average Bonchev–Trinajstić information content (AvgIpc) is 2.42. The van der Waals surface area contributed by atoms with Crippen LogP contribution < -0.4 is 0 Å². The first-order valence-corrected chi connectivity index (χ1v) is 7.09. The molecule has 1 aromatic rings. The van der Waals surface area contributed by atoms with Crippen molar-refractivity contribution >= 4 is 5.91 Å². The van der Waals surface area contributed by atoms with Crippen LogP contribution in [-0.4, -0.2) is 29.0 Å². The largest absolute Gasteiger partial charge is 0.508 e. The first kappa shape index (κ1) is 13.9. The Morgan fingerprint density at radius 2 is 1.95 bits per heavy atom. The zero-order chi connectivity index (χ0) is 13.9. The molecule has 0 radical (unpaired) electrons. The summed E-state index contributed by atoms with van der Waals surface area (Å²) in [5.74, 6) is 0.339. The van der Waals surface area contributed by atoms with Gasteiger partial charge in [-0.25, -0.2) is 0 Å². The van der Waals surface area contributed by atoms with Crippen molar-refractivity contribution < 1.29 is 9.90 Å². The van der Waals surface area contributed by atoms with Gasteiger partial charge in [-0.3, -0.25) is 4.79 Å². The number of rotatable bonds is 3. The van der Waals surface area contributed by atoms with E-state index < -0.39 is 0 Å².